The summed E-state index contributed by atoms with van der Waals surface area (Å²) in [5, 5.41) is 31.9. The van der Waals surface area contributed by atoms with E-state index in [1.54, 1.807) is 48.5 Å². The van der Waals surface area contributed by atoms with Crippen LogP contribution in [0.3, 0.4) is 0 Å². The summed E-state index contributed by atoms with van der Waals surface area (Å²) < 4.78 is 12.1. The number of nitrogen functional groups attached to an aromatic ring is 1. The molecule has 0 radical (unpaired) electrons. The Balaban J connectivity index is 0.000000983. The van der Waals surface area contributed by atoms with Crippen molar-refractivity contribution in [3.8, 4) is 17.4 Å². The van der Waals surface area contributed by atoms with Gasteiger partial charge in [-0.25, -0.2) is 14.8 Å². The number of nitrogens with two attached hydrogens (primary N) is 1. The van der Waals surface area contributed by atoms with Crippen molar-refractivity contribution in [2.45, 2.75) is 13.0 Å². The van der Waals surface area contributed by atoms with Gasteiger partial charge in [0, 0.05) is 36.6 Å². The van der Waals surface area contributed by atoms with Crippen molar-refractivity contribution in [1.82, 2.24) is 24.7 Å². The third-order valence-electron chi connectivity index (χ3n) is 4.99. The van der Waals surface area contributed by atoms with E-state index in [1.165, 1.54) is 19.5 Å². The van der Waals surface area contributed by atoms with E-state index in [0.29, 0.717) is 34.1 Å². The molecule has 0 amide bonds. The Bertz CT molecular complexity index is 1450. The largest absolute Gasteiger partial charge is 0.497 e. The summed E-state index contributed by atoms with van der Waals surface area (Å²) >= 11 is 0. The van der Waals surface area contributed by atoms with Gasteiger partial charge >= 0.3 is 5.69 Å². The molecular formula is C25H28N8O6. The van der Waals surface area contributed by atoms with Gasteiger partial charge in [-0.1, -0.05) is 0 Å². The Kier molecular flexibility index (Phi) is 9.70. The van der Waals surface area contributed by atoms with Gasteiger partial charge in [0.05, 0.1) is 13.7 Å². The molecule has 7 N–H and O–H groups in total. The number of aliphatic hydroxyl groups is 1. The summed E-state index contributed by atoms with van der Waals surface area (Å²) in [5.41, 5.74) is 6.99. The van der Waals surface area contributed by atoms with Crippen molar-refractivity contribution in [2.24, 2.45) is 5.73 Å². The minimum atomic E-state index is -0.833. The minimum Gasteiger partial charge on any atom is -0.497 e. The first kappa shape index (κ1) is 28.3. The maximum Gasteiger partial charge on any atom is 0.350 e. The zero-order valence-electron chi connectivity index (χ0n) is 21.2. The van der Waals surface area contributed by atoms with Crippen LogP contribution in [0.2, 0.25) is 0 Å². The second-order valence-corrected chi connectivity index (χ2v) is 7.88. The summed E-state index contributed by atoms with van der Waals surface area (Å²) in [5.74, 6) is 0.529. The maximum atomic E-state index is 12.7. The van der Waals surface area contributed by atoms with Crippen LogP contribution in [0, 0.1) is 5.41 Å². The number of H-pyrrole nitrogens is 1. The van der Waals surface area contributed by atoms with Crippen LogP contribution in [0.1, 0.15) is 29.9 Å². The third kappa shape index (κ3) is 7.87. The van der Waals surface area contributed by atoms with E-state index in [1.807, 2.05) is 0 Å². The van der Waals surface area contributed by atoms with Crippen molar-refractivity contribution >= 4 is 17.5 Å². The zero-order chi connectivity index (χ0) is 28.4. The number of nitrogens with one attached hydrogen (secondary N) is 3. The topological polar surface area (TPSA) is 214 Å². The number of amidine groups is 1. The molecule has 2 heterocycles. The Hall–Kier alpha value is -5.24. The zero-order valence-corrected chi connectivity index (χ0v) is 21.2. The van der Waals surface area contributed by atoms with E-state index < -0.39 is 17.7 Å². The molecule has 14 nitrogen and oxygen atoms in total. The fourth-order valence-electron chi connectivity index (χ4n) is 3.35. The van der Waals surface area contributed by atoms with E-state index in [4.69, 9.17) is 35.6 Å². The van der Waals surface area contributed by atoms with Gasteiger partial charge in [0.15, 0.2) is 5.82 Å². The third-order valence-corrected chi connectivity index (χ3v) is 4.99. The number of carboxylic acid groups (broad SMARTS) is 1. The Morgan fingerprint density at radius 1 is 1.18 bits per heavy atom. The lowest BCUT2D eigenvalue weighted by molar-refractivity contribution is -0.134. The Morgan fingerprint density at radius 3 is 2.41 bits per heavy atom. The Morgan fingerprint density at radius 2 is 1.82 bits per heavy atom. The molecule has 0 spiro atoms. The summed E-state index contributed by atoms with van der Waals surface area (Å²) in [6, 6.07) is 13.2. The first-order valence-electron chi connectivity index (χ1n) is 11.5. The van der Waals surface area contributed by atoms with Gasteiger partial charge < -0.3 is 30.7 Å². The minimum absolute atomic E-state index is 0.0440. The number of methoxy groups -OCH3 is 1. The van der Waals surface area contributed by atoms with Crippen molar-refractivity contribution in [3.05, 3.63) is 88.4 Å². The number of aliphatic hydroxyl groups excluding tert-OH is 1. The van der Waals surface area contributed by atoms with Crippen LogP contribution in [0.25, 0.3) is 5.95 Å². The van der Waals surface area contributed by atoms with Crippen molar-refractivity contribution in [3.63, 3.8) is 0 Å². The van der Waals surface area contributed by atoms with Crippen LogP contribution in [-0.2, 0) is 4.79 Å². The molecule has 14 heteroatoms. The molecule has 0 aliphatic heterocycles. The van der Waals surface area contributed by atoms with Crippen LogP contribution in [0.15, 0.2) is 65.7 Å². The first-order valence-corrected chi connectivity index (χ1v) is 11.5. The number of carboxylic acids is 1. The fourth-order valence-corrected chi connectivity index (χ4v) is 3.35. The number of rotatable bonds is 10. The van der Waals surface area contributed by atoms with Gasteiger partial charge in [-0.05, 0) is 48.0 Å². The average molecular weight is 537 g/mol. The average Bonchev–Trinajstić information content (AvgIpc) is 3.31. The van der Waals surface area contributed by atoms with Gasteiger partial charge in [-0.2, -0.15) is 0 Å². The molecule has 2 aromatic carbocycles. The molecule has 1 atom stereocenters. The van der Waals surface area contributed by atoms with Crippen molar-refractivity contribution in [1.29, 1.82) is 5.41 Å². The molecule has 4 aromatic rings. The number of hydrogen-bond acceptors (Lipinski definition) is 10. The second-order valence-electron chi connectivity index (χ2n) is 7.88. The smallest absolute Gasteiger partial charge is 0.350 e. The maximum absolute atomic E-state index is 12.7. The standard InChI is InChI=1S/C23H24N8O4.C2H4O2/c1-34-17-11-15(12-18(13-17)35-10-9-32)19(28-16-5-3-14(4-6-16)20(24)25)21-29-23(33)31(30-21)22-26-7-2-8-27-22;1-2(3)4/h2-8,11-13,19,28,32H,9-10H2,1H3,(H3,24,25)(H,29,30,33);1H3,(H,3,4)/t19-;/m0./s1. The molecule has 0 aliphatic rings. The molecular weight excluding hydrogens is 508 g/mol. The molecule has 2 aromatic heterocycles. The van der Waals surface area contributed by atoms with Crippen LogP contribution < -0.4 is 26.2 Å². The van der Waals surface area contributed by atoms with Crippen LogP contribution in [-0.4, -0.2) is 67.1 Å². The number of ether oxygens (including phenoxy) is 2. The molecule has 0 unspecified atom stereocenters. The fraction of sp³-hybridized carbons (Fsp3) is 0.200. The van der Waals surface area contributed by atoms with Gasteiger partial charge in [-0.3, -0.25) is 15.2 Å². The molecule has 0 aliphatic carbocycles. The number of carbonyl (C=O) groups is 1. The second kappa shape index (κ2) is 13.3. The van der Waals surface area contributed by atoms with Gasteiger partial charge in [-0.15, -0.1) is 9.78 Å². The van der Waals surface area contributed by atoms with E-state index in [9.17, 15) is 4.79 Å². The highest BCUT2D eigenvalue weighted by Gasteiger charge is 2.22. The van der Waals surface area contributed by atoms with Crippen LogP contribution >= 0.6 is 0 Å². The number of benzene rings is 2. The van der Waals surface area contributed by atoms with Crippen molar-refractivity contribution in [2.75, 3.05) is 25.6 Å². The highest BCUT2D eigenvalue weighted by Crippen LogP contribution is 2.31. The highest BCUT2D eigenvalue weighted by molar-refractivity contribution is 5.95. The number of hydrogen-bond donors (Lipinski definition) is 6. The first-order chi connectivity index (χ1) is 18.7. The lowest BCUT2D eigenvalue weighted by Gasteiger charge is -2.20. The van der Waals surface area contributed by atoms with E-state index in [2.05, 4.69) is 25.4 Å². The number of anilines is 1. The molecule has 0 fully saturated rings. The van der Waals surface area contributed by atoms with Crippen LogP contribution in [0.5, 0.6) is 11.5 Å². The van der Waals surface area contributed by atoms with E-state index >= 15 is 0 Å². The lowest BCUT2D eigenvalue weighted by Crippen LogP contribution is -2.18. The van der Waals surface area contributed by atoms with Crippen molar-refractivity contribution < 1.29 is 24.5 Å². The molecule has 0 bridgehead atoms. The number of nitrogens with zero attached hydrogens (tertiary/aromatic N) is 4. The SMILES string of the molecule is CC(=O)O.COc1cc(OCCO)cc([C@H](Nc2ccc(C(=N)N)cc2)c2nn(-c3ncccn3)c(=O)[nH]2)c1. The Labute approximate surface area is 222 Å². The van der Waals surface area contributed by atoms with Gasteiger partial charge in [0.2, 0.25) is 0 Å². The quantitative estimate of drug-likeness (QED) is 0.125. The summed E-state index contributed by atoms with van der Waals surface area (Å²) in [7, 11) is 1.53. The molecule has 4 rings (SSSR count). The highest BCUT2D eigenvalue weighted by atomic mass is 16.5. The monoisotopic (exact) mass is 536 g/mol. The normalized spacial score (nSPS) is 11.1. The molecule has 0 saturated heterocycles. The number of aromatic amines is 1. The van der Waals surface area contributed by atoms with Gasteiger partial charge in [0.25, 0.3) is 11.9 Å². The number of aliphatic carboxylic acids is 1. The number of aromatic nitrogens is 5. The predicted octanol–water partition coefficient (Wildman–Crippen LogP) is 1.31. The summed E-state index contributed by atoms with van der Waals surface area (Å²) in [4.78, 5) is 32.7. The van der Waals surface area contributed by atoms with E-state index in [0.717, 1.165) is 11.6 Å². The summed E-state index contributed by atoms with van der Waals surface area (Å²) in [6.07, 6.45) is 3.03. The molecule has 0 saturated carbocycles. The molecule has 39 heavy (non-hydrogen) atoms. The van der Waals surface area contributed by atoms with E-state index in [-0.39, 0.29) is 25.0 Å². The lowest BCUT2D eigenvalue weighted by atomic mass is 10.0. The van der Waals surface area contributed by atoms with Crippen LogP contribution in [0.4, 0.5) is 5.69 Å². The molecule has 204 valence electrons. The van der Waals surface area contributed by atoms with Gasteiger partial charge in [0.1, 0.15) is 30.0 Å². The predicted molar refractivity (Wildman–Crippen MR) is 142 cm³/mol. The summed E-state index contributed by atoms with van der Waals surface area (Å²) in [6.45, 7) is 1.04.